The van der Waals surface area contributed by atoms with Gasteiger partial charge in [0.1, 0.15) is 29.1 Å². The van der Waals surface area contributed by atoms with Crippen molar-refractivity contribution in [1.82, 2.24) is 19.8 Å². The van der Waals surface area contributed by atoms with Crippen molar-refractivity contribution in [3.63, 3.8) is 0 Å². The summed E-state index contributed by atoms with van der Waals surface area (Å²) in [5.74, 6) is -0.271. The molecule has 2 atom stereocenters. The molecule has 0 saturated carbocycles. The van der Waals surface area contributed by atoms with Gasteiger partial charge in [0.15, 0.2) is 0 Å². The number of aliphatic hydroxyl groups excluding tert-OH is 1. The summed E-state index contributed by atoms with van der Waals surface area (Å²) in [5.41, 5.74) is -2.97. The van der Waals surface area contributed by atoms with Gasteiger partial charge in [-0.1, -0.05) is 24.6 Å². The second kappa shape index (κ2) is 9.65. The third-order valence-corrected chi connectivity index (χ3v) is 6.78. The van der Waals surface area contributed by atoms with Crippen LogP contribution in [0.15, 0.2) is 24.5 Å². The van der Waals surface area contributed by atoms with Crippen molar-refractivity contribution in [2.75, 3.05) is 27.2 Å². The van der Waals surface area contributed by atoms with Crippen LogP contribution in [0.1, 0.15) is 54.9 Å². The van der Waals surface area contributed by atoms with Gasteiger partial charge in [-0.2, -0.15) is 0 Å². The Hall–Kier alpha value is -1.71. The Bertz CT molecular complexity index is 915. The Morgan fingerprint density at radius 3 is 2.41 bits per heavy atom. The first-order valence-electron chi connectivity index (χ1n) is 10.8. The van der Waals surface area contributed by atoms with Gasteiger partial charge in [0.05, 0.1) is 11.6 Å². The average molecular weight is 469 g/mol. The molecular formula is C23H31ClF2N4O2. The van der Waals surface area contributed by atoms with E-state index in [1.165, 1.54) is 17.3 Å². The molecule has 1 saturated heterocycles. The van der Waals surface area contributed by atoms with Crippen molar-refractivity contribution < 1.29 is 19.0 Å². The molecule has 32 heavy (non-hydrogen) atoms. The summed E-state index contributed by atoms with van der Waals surface area (Å²) in [6.45, 7) is 4.56. The summed E-state index contributed by atoms with van der Waals surface area (Å²) in [6, 6.07) is 2.73. The van der Waals surface area contributed by atoms with Crippen molar-refractivity contribution in [2.24, 2.45) is 0 Å². The number of aryl methyl sites for hydroxylation is 1. The molecule has 0 radical (unpaired) electrons. The van der Waals surface area contributed by atoms with E-state index < -0.39 is 23.3 Å². The van der Waals surface area contributed by atoms with Crippen LogP contribution in [0.4, 0.5) is 8.78 Å². The molecule has 2 heterocycles. The van der Waals surface area contributed by atoms with E-state index >= 15 is 8.78 Å². The second-order valence-electron chi connectivity index (χ2n) is 8.78. The molecule has 2 N–H and O–H groups in total. The first-order valence-corrected chi connectivity index (χ1v) is 11.1. The fourth-order valence-electron chi connectivity index (χ4n) is 4.44. The number of halogens is 3. The van der Waals surface area contributed by atoms with E-state index in [0.29, 0.717) is 29.5 Å². The molecule has 1 fully saturated rings. The SMILES string of the molecule is CCC(O)(c1cc(C)c([C@@H](O)N(C)Cc2ncc(Cl)cn2)c(F)c1)C1(F)CCN(C)CC1. The minimum absolute atomic E-state index is 0.0694. The molecule has 176 valence electrons. The molecule has 2 aromatic rings. The van der Waals surface area contributed by atoms with Gasteiger partial charge in [0.25, 0.3) is 0 Å². The van der Waals surface area contributed by atoms with Crippen LogP contribution in [0.3, 0.4) is 0 Å². The molecular weight excluding hydrogens is 438 g/mol. The second-order valence-corrected chi connectivity index (χ2v) is 9.21. The molecule has 6 nitrogen and oxygen atoms in total. The Morgan fingerprint density at radius 1 is 1.28 bits per heavy atom. The minimum atomic E-state index is -1.85. The van der Waals surface area contributed by atoms with Crippen molar-refractivity contribution in [2.45, 2.75) is 57.2 Å². The van der Waals surface area contributed by atoms with Crippen molar-refractivity contribution in [1.29, 1.82) is 0 Å². The number of alkyl halides is 1. The lowest BCUT2D eigenvalue weighted by atomic mass is 9.71. The molecule has 1 aromatic heterocycles. The van der Waals surface area contributed by atoms with E-state index in [2.05, 4.69) is 9.97 Å². The predicted octanol–water partition coefficient (Wildman–Crippen LogP) is 3.73. The number of nitrogens with zero attached hydrogens (tertiary/aromatic N) is 4. The number of rotatable bonds is 7. The fraction of sp³-hybridized carbons (Fsp3) is 0.565. The number of likely N-dealkylation sites (tertiary alicyclic amines) is 1. The lowest BCUT2D eigenvalue weighted by Gasteiger charge is -2.46. The highest BCUT2D eigenvalue weighted by molar-refractivity contribution is 6.30. The van der Waals surface area contributed by atoms with Gasteiger partial charge in [-0.25, -0.2) is 18.7 Å². The first-order chi connectivity index (χ1) is 15.0. The van der Waals surface area contributed by atoms with Crippen LogP contribution in [0.2, 0.25) is 5.02 Å². The average Bonchev–Trinajstić information content (AvgIpc) is 2.76. The van der Waals surface area contributed by atoms with E-state index in [9.17, 15) is 10.2 Å². The monoisotopic (exact) mass is 468 g/mol. The highest BCUT2D eigenvalue weighted by Crippen LogP contribution is 2.46. The summed E-state index contributed by atoms with van der Waals surface area (Å²) >= 11 is 5.80. The molecule has 0 amide bonds. The van der Waals surface area contributed by atoms with E-state index in [-0.39, 0.29) is 36.9 Å². The van der Waals surface area contributed by atoms with Crippen molar-refractivity contribution in [3.8, 4) is 0 Å². The van der Waals surface area contributed by atoms with Crippen LogP contribution >= 0.6 is 11.6 Å². The van der Waals surface area contributed by atoms with E-state index in [4.69, 9.17) is 11.6 Å². The van der Waals surface area contributed by atoms with E-state index in [0.717, 1.165) is 6.07 Å². The van der Waals surface area contributed by atoms with Crippen LogP contribution in [0, 0.1) is 12.7 Å². The number of piperidine rings is 1. The third-order valence-electron chi connectivity index (χ3n) is 6.59. The Morgan fingerprint density at radius 2 is 1.88 bits per heavy atom. The quantitative estimate of drug-likeness (QED) is 0.603. The Kier molecular flexibility index (Phi) is 7.51. The van der Waals surface area contributed by atoms with Crippen LogP contribution in [0.25, 0.3) is 0 Å². The number of hydrogen-bond donors (Lipinski definition) is 2. The molecule has 9 heteroatoms. The Labute approximate surface area is 192 Å². The zero-order chi connectivity index (χ0) is 23.7. The zero-order valence-electron chi connectivity index (χ0n) is 18.9. The summed E-state index contributed by atoms with van der Waals surface area (Å²) in [7, 11) is 3.53. The largest absolute Gasteiger partial charge is 0.382 e. The van der Waals surface area contributed by atoms with Crippen LogP contribution in [-0.2, 0) is 12.1 Å². The molecule has 1 unspecified atom stereocenters. The summed E-state index contributed by atoms with van der Waals surface area (Å²) in [6.07, 6.45) is 2.08. The summed E-state index contributed by atoms with van der Waals surface area (Å²) in [5, 5.41) is 22.6. The van der Waals surface area contributed by atoms with Crippen LogP contribution < -0.4 is 0 Å². The molecule has 1 aromatic carbocycles. The first kappa shape index (κ1) is 24.9. The number of hydrogen-bond acceptors (Lipinski definition) is 6. The summed E-state index contributed by atoms with van der Waals surface area (Å²) < 4.78 is 31.2. The van der Waals surface area contributed by atoms with Crippen molar-refractivity contribution in [3.05, 3.63) is 57.9 Å². The number of aromatic nitrogens is 2. The number of aliphatic hydroxyl groups is 2. The molecule has 1 aliphatic heterocycles. The maximum absolute atomic E-state index is 15.9. The smallest absolute Gasteiger partial charge is 0.146 e. The van der Waals surface area contributed by atoms with Gasteiger partial charge in [-0.15, -0.1) is 0 Å². The topological polar surface area (TPSA) is 72.7 Å². The predicted molar refractivity (Wildman–Crippen MR) is 119 cm³/mol. The maximum Gasteiger partial charge on any atom is 0.146 e. The standard InChI is InChI=1S/C23H31ClF2N4O2/c1-5-23(32,22(26)6-8-29(3)9-7-22)16-10-15(2)20(18(25)11-16)21(31)30(4)14-19-27-12-17(24)13-28-19/h10-13,21,31-32H,5-9,14H2,1-4H3/t21-,23?/m1/s1. The maximum atomic E-state index is 15.9. The lowest BCUT2D eigenvalue weighted by Crippen LogP contribution is -2.54. The van der Waals surface area contributed by atoms with Gasteiger partial charge >= 0.3 is 0 Å². The molecule has 3 rings (SSSR count). The van der Waals surface area contributed by atoms with Gasteiger partial charge in [0, 0.05) is 31.0 Å². The van der Waals surface area contributed by atoms with Gasteiger partial charge in [-0.05, 0) is 57.5 Å². The molecule has 0 aliphatic carbocycles. The van der Waals surface area contributed by atoms with Crippen LogP contribution in [-0.4, -0.2) is 62.8 Å². The lowest BCUT2D eigenvalue weighted by molar-refractivity contribution is -0.136. The Balaban J connectivity index is 1.88. The molecule has 0 bridgehead atoms. The zero-order valence-corrected chi connectivity index (χ0v) is 19.7. The molecule has 0 spiro atoms. The van der Waals surface area contributed by atoms with Gasteiger partial charge in [-0.3, -0.25) is 4.90 Å². The highest BCUT2D eigenvalue weighted by Gasteiger charge is 2.52. The third kappa shape index (κ3) is 4.79. The van der Waals surface area contributed by atoms with Gasteiger partial charge < -0.3 is 15.1 Å². The summed E-state index contributed by atoms with van der Waals surface area (Å²) in [4.78, 5) is 11.7. The fourth-order valence-corrected chi connectivity index (χ4v) is 4.54. The number of benzene rings is 1. The van der Waals surface area contributed by atoms with E-state index in [1.807, 2.05) is 11.9 Å². The van der Waals surface area contributed by atoms with Crippen molar-refractivity contribution >= 4 is 11.6 Å². The normalized spacial score (nSPS) is 19.7. The van der Waals surface area contributed by atoms with E-state index in [1.54, 1.807) is 27.0 Å². The highest BCUT2D eigenvalue weighted by atomic mass is 35.5. The van der Waals surface area contributed by atoms with Crippen LogP contribution in [0.5, 0.6) is 0 Å². The minimum Gasteiger partial charge on any atom is -0.382 e. The molecule has 1 aliphatic rings. The van der Waals surface area contributed by atoms with Gasteiger partial charge in [0.2, 0.25) is 0 Å².